The molecular formula is C19H20ClN5O3. The number of ether oxygens (including phenoxy) is 2. The molecule has 0 radical (unpaired) electrons. The Hall–Kier alpha value is -3.13. The average molecular weight is 402 g/mol. The van der Waals surface area contributed by atoms with Gasteiger partial charge in [-0.3, -0.25) is 0 Å². The summed E-state index contributed by atoms with van der Waals surface area (Å²) in [6.07, 6.45) is 2.03. The van der Waals surface area contributed by atoms with E-state index >= 15 is 0 Å². The number of benzene rings is 1. The number of rotatable bonds is 7. The molecule has 8 nitrogen and oxygen atoms in total. The highest BCUT2D eigenvalue weighted by molar-refractivity contribution is 6.29. The van der Waals surface area contributed by atoms with Crippen molar-refractivity contribution in [2.75, 3.05) is 19.5 Å². The largest absolute Gasteiger partial charge is 0.497 e. The molecule has 0 amide bonds. The molecule has 0 aliphatic carbocycles. The van der Waals surface area contributed by atoms with Crippen LogP contribution in [0.4, 0.5) is 5.95 Å². The van der Waals surface area contributed by atoms with Crippen LogP contribution < -0.4 is 10.1 Å². The smallest absolute Gasteiger partial charge is 0.341 e. The Kier molecular flexibility index (Phi) is 6.10. The molecule has 0 atom stereocenters. The van der Waals surface area contributed by atoms with E-state index in [4.69, 9.17) is 21.1 Å². The molecule has 0 aliphatic heterocycles. The molecule has 9 heteroatoms. The molecule has 3 rings (SSSR count). The lowest BCUT2D eigenvalue weighted by atomic mass is 10.2. The van der Waals surface area contributed by atoms with Crippen molar-refractivity contribution in [3.8, 4) is 11.6 Å². The maximum atomic E-state index is 11.9. The molecule has 2 heterocycles. The molecule has 0 unspecified atom stereocenters. The van der Waals surface area contributed by atoms with Gasteiger partial charge < -0.3 is 14.8 Å². The number of carbonyl (C=O) groups is 1. The van der Waals surface area contributed by atoms with Gasteiger partial charge in [0.05, 0.1) is 26.1 Å². The minimum Gasteiger partial charge on any atom is -0.497 e. The van der Waals surface area contributed by atoms with Crippen LogP contribution >= 0.6 is 11.6 Å². The zero-order valence-corrected chi connectivity index (χ0v) is 16.5. The van der Waals surface area contributed by atoms with Crippen molar-refractivity contribution in [3.05, 3.63) is 58.5 Å². The number of anilines is 1. The van der Waals surface area contributed by atoms with Gasteiger partial charge in [0.15, 0.2) is 5.82 Å². The zero-order valence-electron chi connectivity index (χ0n) is 15.8. The minimum atomic E-state index is -0.443. The number of aromatic nitrogens is 4. The van der Waals surface area contributed by atoms with Crippen molar-refractivity contribution in [1.29, 1.82) is 0 Å². The summed E-state index contributed by atoms with van der Waals surface area (Å²) in [6, 6.07) is 9.25. The molecule has 2 aromatic heterocycles. The Balaban J connectivity index is 1.85. The van der Waals surface area contributed by atoms with Crippen molar-refractivity contribution in [1.82, 2.24) is 19.7 Å². The summed E-state index contributed by atoms with van der Waals surface area (Å²) in [4.78, 5) is 20.6. The van der Waals surface area contributed by atoms with Gasteiger partial charge in [0.1, 0.15) is 16.5 Å². The minimum absolute atomic E-state index is 0.263. The number of nitrogens with zero attached hydrogens (tertiary/aromatic N) is 4. The first-order valence-corrected chi connectivity index (χ1v) is 9.00. The standard InChI is InChI=1S/C19H20ClN5O3/c1-4-15-14(18(26)28-3)11-22-25(15)17-9-16(20)23-19(24-17)21-10-12-5-7-13(27-2)8-6-12/h5-9,11H,4,10H2,1-3H3,(H,21,23,24). The molecule has 1 aromatic carbocycles. The quantitative estimate of drug-likeness (QED) is 0.479. The molecule has 1 N–H and O–H groups in total. The van der Waals surface area contributed by atoms with E-state index in [9.17, 15) is 4.79 Å². The molecule has 0 bridgehead atoms. The lowest BCUT2D eigenvalue weighted by molar-refractivity contribution is 0.0599. The molecule has 28 heavy (non-hydrogen) atoms. The van der Waals surface area contributed by atoms with E-state index in [2.05, 4.69) is 20.4 Å². The van der Waals surface area contributed by atoms with Crippen molar-refractivity contribution in [2.45, 2.75) is 19.9 Å². The maximum Gasteiger partial charge on any atom is 0.341 e. The number of nitrogens with one attached hydrogen (secondary N) is 1. The van der Waals surface area contributed by atoms with Gasteiger partial charge in [-0.2, -0.15) is 10.1 Å². The summed E-state index contributed by atoms with van der Waals surface area (Å²) in [5, 5.41) is 7.68. The van der Waals surface area contributed by atoms with Crippen molar-refractivity contribution < 1.29 is 14.3 Å². The van der Waals surface area contributed by atoms with Crippen molar-refractivity contribution in [2.24, 2.45) is 0 Å². The molecule has 0 saturated carbocycles. The number of hydrogen-bond donors (Lipinski definition) is 1. The fraction of sp³-hybridized carbons (Fsp3) is 0.263. The third-order valence-electron chi connectivity index (χ3n) is 4.12. The van der Waals surface area contributed by atoms with Gasteiger partial charge in [0, 0.05) is 12.6 Å². The third-order valence-corrected chi connectivity index (χ3v) is 4.31. The Morgan fingerprint density at radius 1 is 1.21 bits per heavy atom. The summed E-state index contributed by atoms with van der Waals surface area (Å²) in [5.74, 6) is 1.16. The first-order valence-electron chi connectivity index (χ1n) is 8.62. The normalized spacial score (nSPS) is 10.6. The fourth-order valence-corrected chi connectivity index (χ4v) is 2.89. The molecule has 0 spiro atoms. The Bertz CT molecular complexity index is 972. The van der Waals surface area contributed by atoms with Crippen LogP contribution in [0.3, 0.4) is 0 Å². The van der Waals surface area contributed by atoms with Crippen molar-refractivity contribution >= 4 is 23.5 Å². The number of halogens is 1. The topological polar surface area (TPSA) is 91.2 Å². The predicted octanol–water partition coefficient (Wildman–Crippen LogP) is 3.29. The van der Waals surface area contributed by atoms with E-state index in [1.54, 1.807) is 17.9 Å². The molecule has 146 valence electrons. The van der Waals surface area contributed by atoms with E-state index in [0.717, 1.165) is 11.3 Å². The van der Waals surface area contributed by atoms with Gasteiger partial charge in [0.2, 0.25) is 5.95 Å². The van der Waals surface area contributed by atoms with Crippen molar-refractivity contribution in [3.63, 3.8) is 0 Å². The van der Waals surface area contributed by atoms with Crippen LogP contribution in [0.5, 0.6) is 5.75 Å². The van der Waals surface area contributed by atoms with Crippen LogP contribution in [0.2, 0.25) is 5.15 Å². The fourth-order valence-electron chi connectivity index (χ4n) is 2.71. The second-order valence-corrected chi connectivity index (χ2v) is 6.22. The van der Waals surface area contributed by atoms with Gasteiger partial charge in [0.25, 0.3) is 0 Å². The highest BCUT2D eigenvalue weighted by Gasteiger charge is 2.19. The van der Waals surface area contributed by atoms with E-state index < -0.39 is 5.97 Å². The first kappa shape index (κ1) is 19.6. The molecule has 0 saturated heterocycles. The number of hydrogen-bond acceptors (Lipinski definition) is 7. The summed E-state index contributed by atoms with van der Waals surface area (Å²) in [6.45, 7) is 2.43. The number of methoxy groups -OCH3 is 2. The summed E-state index contributed by atoms with van der Waals surface area (Å²) in [7, 11) is 2.96. The van der Waals surface area contributed by atoms with Crippen LogP contribution in [0.25, 0.3) is 5.82 Å². The molecular weight excluding hydrogens is 382 g/mol. The third kappa shape index (κ3) is 4.23. The summed E-state index contributed by atoms with van der Waals surface area (Å²) in [5.41, 5.74) is 2.11. The van der Waals surface area contributed by atoms with Crippen LogP contribution in [-0.2, 0) is 17.7 Å². The van der Waals surface area contributed by atoms with Crippen LogP contribution in [0, 0.1) is 0 Å². The number of carbonyl (C=O) groups excluding carboxylic acids is 1. The molecule has 3 aromatic rings. The lowest BCUT2D eigenvalue weighted by Crippen LogP contribution is -2.11. The molecule has 0 aliphatic rings. The van der Waals surface area contributed by atoms with Gasteiger partial charge >= 0.3 is 5.97 Å². The zero-order chi connectivity index (χ0) is 20.1. The first-order chi connectivity index (χ1) is 13.5. The lowest BCUT2D eigenvalue weighted by Gasteiger charge is -2.10. The average Bonchev–Trinajstić information content (AvgIpc) is 3.15. The highest BCUT2D eigenvalue weighted by Crippen LogP contribution is 2.19. The van der Waals surface area contributed by atoms with Crippen LogP contribution in [-0.4, -0.2) is 39.9 Å². The van der Waals surface area contributed by atoms with E-state index in [0.29, 0.717) is 36.0 Å². The monoisotopic (exact) mass is 401 g/mol. The van der Waals surface area contributed by atoms with Crippen LogP contribution in [0.1, 0.15) is 28.5 Å². The highest BCUT2D eigenvalue weighted by atomic mass is 35.5. The summed E-state index contributed by atoms with van der Waals surface area (Å²) < 4.78 is 11.5. The second-order valence-electron chi connectivity index (χ2n) is 5.84. The van der Waals surface area contributed by atoms with Gasteiger partial charge in [-0.25, -0.2) is 14.5 Å². The van der Waals surface area contributed by atoms with Gasteiger partial charge in [-0.05, 0) is 24.1 Å². The van der Waals surface area contributed by atoms with E-state index in [-0.39, 0.29) is 5.15 Å². The van der Waals surface area contributed by atoms with Crippen LogP contribution in [0.15, 0.2) is 36.5 Å². The van der Waals surface area contributed by atoms with E-state index in [1.807, 2.05) is 31.2 Å². The number of esters is 1. The Morgan fingerprint density at radius 2 is 1.96 bits per heavy atom. The summed E-state index contributed by atoms with van der Waals surface area (Å²) >= 11 is 6.17. The Labute approximate surface area is 167 Å². The van der Waals surface area contributed by atoms with E-state index in [1.165, 1.54) is 13.3 Å². The maximum absolute atomic E-state index is 11.9. The predicted molar refractivity (Wildman–Crippen MR) is 105 cm³/mol. The van der Waals surface area contributed by atoms with Gasteiger partial charge in [-0.1, -0.05) is 30.7 Å². The second kappa shape index (κ2) is 8.71. The van der Waals surface area contributed by atoms with Gasteiger partial charge in [-0.15, -0.1) is 0 Å². The Morgan fingerprint density at radius 3 is 2.61 bits per heavy atom. The SMILES string of the molecule is CCc1c(C(=O)OC)cnn1-c1cc(Cl)nc(NCc2ccc(OC)cc2)n1. The molecule has 0 fully saturated rings.